The lowest BCUT2D eigenvalue weighted by Gasteiger charge is -2.14. The third-order valence-corrected chi connectivity index (χ3v) is 7.02. The number of hydrogen-bond acceptors (Lipinski definition) is 2. The van der Waals surface area contributed by atoms with Crippen LogP contribution in [0.4, 0.5) is 0 Å². The van der Waals surface area contributed by atoms with Gasteiger partial charge in [0.2, 0.25) is 0 Å². The van der Waals surface area contributed by atoms with E-state index in [0.29, 0.717) is 53.1 Å². The molecule has 0 fully saturated rings. The van der Waals surface area contributed by atoms with Crippen LogP contribution in [0, 0.1) is 0 Å². The Bertz CT molecular complexity index is 355. The van der Waals surface area contributed by atoms with E-state index in [4.69, 9.17) is 69.6 Å². The molecule has 0 atom stereocenters. The van der Waals surface area contributed by atoms with Gasteiger partial charge in [0.25, 0.3) is 0 Å². The third kappa shape index (κ3) is 4.33. The Kier molecular flexibility index (Phi) is 8.70. The van der Waals surface area contributed by atoms with E-state index in [0.717, 1.165) is 0 Å². The van der Waals surface area contributed by atoms with Crippen molar-refractivity contribution in [2.45, 2.75) is 9.79 Å². The number of halogens is 6. The van der Waals surface area contributed by atoms with Gasteiger partial charge in [0.1, 0.15) is 0 Å². The number of alkyl halides is 2. The van der Waals surface area contributed by atoms with E-state index >= 15 is 0 Å². The molecular weight excluding hydrogens is 397 g/mol. The molecule has 1 aromatic carbocycles. The van der Waals surface area contributed by atoms with Gasteiger partial charge in [-0.05, 0) is 0 Å². The van der Waals surface area contributed by atoms with Gasteiger partial charge in [-0.15, -0.1) is 46.7 Å². The first kappa shape index (κ1) is 17.7. The van der Waals surface area contributed by atoms with Crippen LogP contribution in [0.3, 0.4) is 0 Å². The molecule has 0 radical (unpaired) electrons. The number of benzene rings is 1. The van der Waals surface area contributed by atoms with Crippen LogP contribution in [0.5, 0.6) is 0 Å². The van der Waals surface area contributed by atoms with E-state index in [1.807, 2.05) is 0 Å². The minimum Gasteiger partial charge on any atom is -0.126 e. The highest BCUT2D eigenvalue weighted by Gasteiger charge is 2.20. The van der Waals surface area contributed by atoms with Crippen LogP contribution in [0.2, 0.25) is 20.1 Å². The minimum absolute atomic E-state index is 0.415. The molecule has 0 bridgehead atoms. The van der Waals surface area contributed by atoms with Crippen molar-refractivity contribution in [3.8, 4) is 0 Å². The Balaban J connectivity index is 3.18. The highest BCUT2D eigenvalue weighted by molar-refractivity contribution is 8.00. The van der Waals surface area contributed by atoms with Gasteiger partial charge in [0.05, 0.1) is 20.1 Å². The largest absolute Gasteiger partial charge is 0.126 e. The zero-order chi connectivity index (χ0) is 13.7. The van der Waals surface area contributed by atoms with Crippen molar-refractivity contribution in [3.05, 3.63) is 20.1 Å². The summed E-state index contributed by atoms with van der Waals surface area (Å²) in [4.78, 5) is 1.34. The first-order chi connectivity index (χ1) is 8.54. The molecule has 0 saturated carbocycles. The smallest absolute Gasteiger partial charge is 0.0755 e. The van der Waals surface area contributed by atoms with Gasteiger partial charge in [-0.3, -0.25) is 0 Å². The molecule has 0 N–H and O–H groups in total. The standard InChI is InChI=1S/C10H8Cl6S2/c11-1-3-17-9-5(13)7(15)10(18-4-2-12)8(16)6(9)14/h1-4H2. The lowest BCUT2D eigenvalue weighted by molar-refractivity contribution is 1.34. The topological polar surface area (TPSA) is 0 Å². The Hall–Kier alpha value is 1.66. The highest BCUT2D eigenvalue weighted by Crippen LogP contribution is 2.49. The van der Waals surface area contributed by atoms with Crippen molar-refractivity contribution in [2.75, 3.05) is 23.3 Å². The van der Waals surface area contributed by atoms with Crippen molar-refractivity contribution in [1.29, 1.82) is 0 Å². The van der Waals surface area contributed by atoms with Crippen LogP contribution >= 0.6 is 93.1 Å². The minimum atomic E-state index is 0.415. The average molecular weight is 405 g/mol. The summed E-state index contributed by atoms with van der Waals surface area (Å²) in [6.07, 6.45) is 0. The summed E-state index contributed by atoms with van der Waals surface area (Å²) < 4.78 is 0. The summed E-state index contributed by atoms with van der Waals surface area (Å²) in [5, 5.41) is 1.66. The van der Waals surface area contributed by atoms with Crippen LogP contribution in [-0.4, -0.2) is 23.3 Å². The molecule has 8 heteroatoms. The second-order valence-electron chi connectivity index (χ2n) is 2.99. The van der Waals surface area contributed by atoms with Gasteiger partial charge >= 0.3 is 0 Å². The molecule has 1 aromatic rings. The lowest BCUT2D eigenvalue weighted by atomic mass is 10.3. The van der Waals surface area contributed by atoms with Crippen molar-refractivity contribution in [3.63, 3.8) is 0 Å². The van der Waals surface area contributed by atoms with Crippen molar-refractivity contribution in [2.24, 2.45) is 0 Å². The monoisotopic (exact) mass is 402 g/mol. The predicted molar refractivity (Wildman–Crippen MR) is 89.4 cm³/mol. The number of rotatable bonds is 6. The number of hydrogen-bond donors (Lipinski definition) is 0. The van der Waals surface area contributed by atoms with Gasteiger partial charge in [0, 0.05) is 33.1 Å². The van der Waals surface area contributed by atoms with Crippen molar-refractivity contribution in [1.82, 2.24) is 0 Å². The second kappa shape index (κ2) is 8.84. The first-order valence-corrected chi connectivity index (χ1v) is 9.33. The van der Waals surface area contributed by atoms with Gasteiger partial charge in [-0.1, -0.05) is 46.4 Å². The quantitative estimate of drug-likeness (QED) is 0.285. The fourth-order valence-electron chi connectivity index (χ4n) is 1.13. The predicted octanol–water partition coefficient (Wildman–Crippen LogP) is 6.96. The molecule has 0 aliphatic carbocycles. The molecule has 0 nitrogen and oxygen atoms in total. The Morgan fingerprint density at radius 2 is 0.889 bits per heavy atom. The van der Waals surface area contributed by atoms with Crippen LogP contribution in [0.25, 0.3) is 0 Å². The Labute approximate surface area is 145 Å². The maximum Gasteiger partial charge on any atom is 0.0755 e. The van der Waals surface area contributed by atoms with Crippen LogP contribution in [-0.2, 0) is 0 Å². The molecule has 0 aliphatic heterocycles. The zero-order valence-corrected chi connectivity index (χ0v) is 15.1. The zero-order valence-electron chi connectivity index (χ0n) is 8.91. The van der Waals surface area contributed by atoms with Gasteiger partial charge < -0.3 is 0 Å². The van der Waals surface area contributed by atoms with Crippen LogP contribution in [0.15, 0.2) is 9.79 Å². The molecule has 18 heavy (non-hydrogen) atoms. The maximum atomic E-state index is 6.21. The number of thioether (sulfide) groups is 2. The van der Waals surface area contributed by atoms with E-state index in [-0.39, 0.29) is 0 Å². The van der Waals surface area contributed by atoms with Gasteiger partial charge in [0.15, 0.2) is 0 Å². The summed E-state index contributed by atoms with van der Waals surface area (Å²) in [5.41, 5.74) is 0. The summed E-state index contributed by atoms with van der Waals surface area (Å²) >= 11 is 39.0. The Morgan fingerprint density at radius 1 is 0.611 bits per heavy atom. The summed E-state index contributed by atoms with van der Waals surface area (Å²) in [6, 6.07) is 0. The SMILES string of the molecule is ClCCSc1c(Cl)c(Cl)c(SCCCl)c(Cl)c1Cl. The van der Waals surface area contributed by atoms with E-state index < -0.39 is 0 Å². The van der Waals surface area contributed by atoms with E-state index in [1.54, 1.807) is 0 Å². The Morgan fingerprint density at radius 3 is 1.11 bits per heavy atom. The maximum absolute atomic E-state index is 6.21. The highest BCUT2D eigenvalue weighted by atomic mass is 35.5. The molecule has 1 rings (SSSR count). The second-order valence-corrected chi connectivity index (χ2v) is 7.47. The summed E-state index contributed by atoms with van der Waals surface area (Å²) in [6.45, 7) is 0. The summed E-state index contributed by atoms with van der Waals surface area (Å²) in [5.74, 6) is 2.36. The third-order valence-electron chi connectivity index (χ3n) is 1.83. The molecule has 0 saturated heterocycles. The van der Waals surface area contributed by atoms with Crippen molar-refractivity contribution >= 4 is 93.1 Å². The molecule has 0 heterocycles. The normalized spacial score (nSPS) is 11.0. The van der Waals surface area contributed by atoms with E-state index in [9.17, 15) is 0 Å². The van der Waals surface area contributed by atoms with Gasteiger partial charge in [-0.2, -0.15) is 0 Å². The summed E-state index contributed by atoms with van der Waals surface area (Å²) in [7, 11) is 0. The fraction of sp³-hybridized carbons (Fsp3) is 0.400. The molecule has 0 aliphatic rings. The van der Waals surface area contributed by atoms with Crippen molar-refractivity contribution < 1.29 is 0 Å². The molecule has 0 spiro atoms. The molecule has 102 valence electrons. The van der Waals surface area contributed by atoms with Gasteiger partial charge in [-0.25, -0.2) is 0 Å². The molecule has 0 unspecified atom stereocenters. The van der Waals surface area contributed by atoms with Crippen LogP contribution in [0.1, 0.15) is 0 Å². The molecular formula is C10H8Cl6S2. The fourth-order valence-corrected chi connectivity index (χ4v) is 4.80. The van der Waals surface area contributed by atoms with Crippen LogP contribution < -0.4 is 0 Å². The van der Waals surface area contributed by atoms with E-state index in [2.05, 4.69) is 0 Å². The van der Waals surface area contributed by atoms with E-state index in [1.165, 1.54) is 23.5 Å². The lowest BCUT2D eigenvalue weighted by Crippen LogP contribution is -1.90. The first-order valence-electron chi connectivity index (χ1n) is 4.78. The molecule has 0 amide bonds. The average Bonchev–Trinajstić information content (AvgIpc) is 2.37. The molecule has 0 aromatic heterocycles.